The fourth-order valence-electron chi connectivity index (χ4n) is 4.30. The Morgan fingerprint density at radius 2 is 1.62 bits per heavy atom. The normalized spacial score (nSPS) is 16.3. The van der Waals surface area contributed by atoms with Crippen molar-refractivity contribution in [1.82, 2.24) is 10.0 Å². The maximum atomic E-state index is 13.5. The molecule has 0 spiro atoms. The molecule has 1 aliphatic rings. The predicted octanol–water partition coefficient (Wildman–Crippen LogP) is 4.57. The van der Waals surface area contributed by atoms with Gasteiger partial charge in [0, 0.05) is 35.2 Å². The zero-order valence-electron chi connectivity index (χ0n) is 22.5. The average Bonchev–Trinajstić information content (AvgIpc) is 2.76. The summed E-state index contributed by atoms with van der Waals surface area (Å²) in [6, 6.07) is 9.24. The fraction of sp³-hybridized carbons (Fsp3) is 0.556. The summed E-state index contributed by atoms with van der Waals surface area (Å²) in [5.41, 5.74) is -0.904. The molecule has 0 saturated carbocycles. The van der Waals surface area contributed by atoms with E-state index < -0.39 is 39.2 Å². The maximum Gasteiger partial charge on any atom is 0.408 e. The van der Waals surface area contributed by atoms with Crippen LogP contribution in [0.1, 0.15) is 60.8 Å². The standard InChI is InChI=1S/C27H39N3O6S/c1-26(2,3)30-37(33,34)23-12-8-9-19-20(23)10-7-11-21(19)28-24(31)22(17-18-13-15-35-16-14-18)29-25(32)36-27(4,5)6/h7-12,18,22,30H,13-17H2,1-6H3,(H,28,31)(H,29,32). The van der Waals surface area contributed by atoms with Crippen molar-refractivity contribution in [2.75, 3.05) is 18.5 Å². The molecule has 37 heavy (non-hydrogen) atoms. The minimum Gasteiger partial charge on any atom is -0.444 e. The van der Waals surface area contributed by atoms with E-state index in [0.29, 0.717) is 36.1 Å². The lowest BCUT2D eigenvalue weighted by Crippen LogP contribution is -2.47. The van der Waals surface area contributed by atoms with Crippen LogP contribution < -0.4 is 15.4 Å². The molecule has 1 saturated heterocycles. The van der Waals surface area contributed by atoms with Crippen LogP contribution in [0.5, 0.6) is 0 Å². The van der Waals surface area contributed by atoms with Gasteiger partial charge in [-0.25, -0.2) is 17.9 Å². The van der Waals surface area contributed by atoms with Crippen molar-refractivity contribution < 1.29 is 27.5 Å². The number of carbonyl (C=O) groups excluding carboxylic acids is 2. The van der Waals surface area contributed by atoms with Crippen LogP contribution in [0.25, 0.3) is 10.8 Å². The van der Waals surface area contributed by atoms with Gasteiger partial charge < -0.3 is 20.1 Å². The van der Waals surface area contributed by atoms with E-state index in [0.717, 1.165) is 12.8 Å². The van der Waals surface area contributed by atoms with E-state index >= 15 is 0 Å². The van der Waals surface area contributed by atoms with Gasteiger partial charge >= 0.3 is 6.09 Å². The highest BCUT2D eigenvalue weighted by Gasteiger charge is 2.29. The molecule has 0 aromatic heterocycles. The third kappa shape index (κ3) is 8.41. The van der Waals surface area contributed by atoms with Crippen LogP contribution in [0, 0.1) is 5.92 Å². The Labute approximate surface area is 219 Å². The van der Waals surface area contributed by atoms with E-state index in [1.165, 1.54) is 0 Å². The van der Waals surface area contributed by atoms with Gasteiger partial charge in [0.1, 0.15) is 11.6 Å². The zero-order chi connectivity index (χ0) is 27.4. The number of rotatable bonds is 7. The molecule has 0 aliphatic carbocycles. The minimum atomic E-state index is -3.81. The number of fused-ring (bicyclic) bond motifs is 1. The van der Waals surface area contributed by atoms with Crippen LogP contribution in [0.3, 0.4) is 0 Å². The number of hydrogen-bond donors (Lipinski definition) is 3. The monoisotopic (exact) mass is 533 g/mol. The number of alkyl carbamates (subject to hydrolysis) is 1. The fourth-order valence-corrected chi connectivity index (χ4v) is 5.94. The zero-order valence-corrected chi connectivity index (χ0v) is 23.3. The molecular formula is C27H39N3O6S. The SMILES string of the molecule is CC(C)(C)NS(=O)(=O)c1cccc2c(NC(=O)C(CC3CCOCC3)NC(=O)OC(C)(C)C)cccc12. The molecule has 2 aromatic carbocycles. The van der Waals surface area contributed by atoms with Gasteiger partial charge in [-0.1, -0.05) is 24.3 Å². The van der Waals surface area contributed by atoms with E-state index in [1.54, 1.807) is 77.9 Å². The van der Waals surface area contributed by atoms with Gasteiger partial charge in [-0.05, 0) is 78.9 Å². The summed E-state index contributed by atoms with van der Waals surface area (Å²) in [5, 5.41) is 6.71. The summed E-state index contributed by atoms with van der Waals surface area (Å²) in [6.07, 6.45) is 1.37. The highest BCUT2D eigenvalue weighted by molar-refractivity contribution is 7.89. The number of anilines is 1. The molecule has 1 heterocycles. The van der Waals surface area contributed by atoms with Crippen molar-refractivity contribution in [1.29, 1.82) is 0 Å². The lowest BCUT2D eigenvalue weighted by atomic mass is 9.92. The van der Waals surface area contributed by atoms with E-state index in [4.69, 9.17) is 9.47 Å². The van der Waals surface area contributed by atoms with Gasteiger partial charge in [0.15, 0.2) is 0 Å². The average molecular weight is 534 g/mol. The molecule has 1 atom stereocenters. The van der Waals surface area contributed by atoms with E-state index in [1.807, 2.05) is 0 Å². The molecule has 1 aliphatic heterocycles. The first-order valence-electron chi connectivity index (χ1n) is 12.6. The Morgan fingerprint density at radius 3 is 2.24 bits per heavy atom. The number of carbonyl (C=O) groups is 2. The Balaban J connectivity index is 1.89. The van der Waals surface area contributed by atoms with Crippen LogP contribution in [-0.2, 0) is 24.3 Å². The molecule has 204 valence electrons. The summed E-state index contributed by atoms with van der Waals surface area (Å²) in [5.74, 6) is -0.182. The molecule has 2 amide bonds. The van der Waals surface area contributed by atoms with Crippen LogP contribution in [-0.4, -0.2) is 50.8 Å². The lowest BCUT2D eigenvalue weighted by molar-refractivity contribution is -0.118. The largest absolute Gasteiger partial charge is 0.444 e. The topological polar surface area (TPSA) is 123 Å². The van der Waals surface area contributed by atoms with Crippen molar-refractivity contribution in [2.24, 2.45) is 5.92 Å². The second-order valence-electron chi connectivity index (χ2n) is 11.5. The van der Waals surface area contributed by atoms with Gasteiger partial charge in [0.25, 0.3) is 0 Å². The molecular weight excluding hydrogens is 494 g/mol. The second kappa shape index (κ2) is 11.4. The number of nitrogens with one attached hydrogen (secondary N) is 3. The van der Waals surface area contributed by atoms with Crippen LogP contribution in [0.4, 0.5) is 10.5 Å². The van der Waals surface area contributed by atoms with Gasteiger partial charge in [0.2, 0.25) is 15.9 Å². The van der Waals surface area contributed by atoms with Gasteiger partial charge in [-0.3, -0.25) is 4.79 Å². The Kier molecular flexibility index (Phi) is 8.87. The second-order valence-corrected chi connectivity index (χ2v) is 13.1. The maximum absolute atomic E-state index is 13.5. The van der Waals surface area contributed by atoms with Crippen LogP contribution >= 0.6 is 0 Å². The highest BCUT2D eigenvalue weighted by atomic mass is 32.2. The predicted molar refractivity (Wildman–Crippen MR) is 144 cm³/mol. The lowest BCUT2D eigenvalue weighted by Gasteiger charge is -2.28. The molecule has 3 rings (SSSR count). The summed E-state index contributed by atoms with van der Waals surface area (Å²) < 4.78 is 39.7. The first-order valence-corrected chi connectivity index (χ1v) is 14.1. The van der Waals surface area contributed by atoms with Crippen LogP contribution in [0.15, 0.2) is 41.3 Å². The number of sulfonamides is 1. The van der Waals surface area contributed by atoms with Gasteiger partial charge in [0.05, 0.1) is 4.90 Å². The third-order valence-electron chi connectivity index (χ3n) is 5.79. The first kappa shape index (κ1) is 28.9. The number of benzene rings is 2. The molecule has 1 fully saturated rings. The smallest absolute Gasteiger partial charge is 0.408 e. The van der Waals surface area contributed by atoms with Crippen molar-refractivity contribution in [3.8, 4) is 0 Å². The molecule has 0 radical (unpaired) electrons. The Hall–Kier alpha value is -2.69. The van der Waals surface area contributed by atoms with Crippen molar-refractivity contribution in [2.45, 2.75) is 82.9 Å². The molecule has 0 bridgehead atoms. The van der Waals surface area contributed by atoms with Crippen molar-refractivity contribution in [3.05, 3.63) is 36.4 Å². The minimum absolute atomic E-state index is 0.127. The first-order chi connectivity index (χ1) is 17.1. The van der Waals surface area contributed by atoms with Crippen molar-refractivity contribution >= 4 is 38.5 Å². The Bertz CT molecular complexity index is 1220. The van der Waals surface area contributed by atoms with E-state index in [9.17, 15) is 18.0 Å². The summed E-state index contributed by atoms with van der Waals surface area (Å²) in [7, 11) is -3.81. The molecule has 10 heteroatoms. The summed E-state index contributed by atoms with van der Waals surface area (Å²) in [4.78, 5) is 26.1. The van der Waals surface area contributed by atoms with E-state index in [2.05, 4.69) is 15.4 Å². The number of ether oxygens (including phenoxy) is 2. The number of hydrogen-bond acceptors (Lipinski definition) is 6. The summed E-state index contributed by atoms with van der Waals surface area (Å²) in [6.45, 7) is 11.8. The number of amides is 2. The molecule has 2 aromatic rings. The van der Waals surface area contributed by atoms with Crippen LogP contribution in [0.2, 0.25) is 0 Å². The molecule has 9 nitrogen and oxygen atoms in total. The Morgan fingerprint density at radius 1 is 1.00 bits per heavy atom. The third-order valence-corrected chi connectivity index (χ3v) is 7.60. The van der Waals surface area contributed by atoms with E-state index in [-0.39, 0.29) is 10.8 Å². The van der Waals surface area contributed by atoms with Gasteiger partial charge in [-0.2, -0.15) is 0 Å². The van der Waals surface area contributed by atoms with Gasteiger partial charge in [-0.15, -0.1) is 0 Å². The highest BCUT2D eigenvalue weighted by Crippen LogP contribution is 2.30. The quantitative estimate of drug-likeness (QED) is 0.479. The molecule has 3 N–H and O–H groups in total. The molecule has 1 unspecified atom stereocenters. The van der Waals surface area contributed by atoms with Crippen molar-refractivity contribution in [3.63, 3.8) is 0 Å². The summed E-state index contributed by atoms with van der Waals surface area (Å²) >= 11 is 0.